The molecule has 1 aliphatic heterocycles. The summed E-state index contributed by atoms with van der Waals surface area (Å²) in [6, 6.07) is 6.48. The zero-order valence-corrected chi connectivity index (χ0v) is 17.4. The van der Waals surface area contributed by atoms with Crippen molar-refractivity contribution in [3.05, 3.63) is 40.6 Å². The number of carbonyl (C=O) groups excluding carboxylic acids is 3. The minimum absolute atomic E-state index is 0.164. The van der Waals surface area contributed by atoms with Gasteiger partial charge >= 0.3 is 0 Å². The number of rotatable bonds is 4. The Balaban J connectivity index is 1.61. The molecule has 2 atom stereocenters. The van der Waals surface area contributed by atoms with E-state index in [9.17, 15) is 14.4 Å². The van der Waals surface area contributed by atoms with E-state index in [1.165, 1.54) is 4.90 Å². The Morgan fingerprint density at radius 2 is 2.03 bits per heavy atom. The summed E-state index contributed by atoms with van der Waals surface area (Å²) in [6.07, 6.45) is 3.22. The lowest BCUT2D eigenvalue weighted by molar-refractivity contribution is -0.127. The number of nitrogens with zero attached hydrogens (tertiary/aromatic N) is 2. The second-order valence-corrected chi connectivity index (χ2v) is 8.53. The van der Waals surface area contributed by atoms with Crippen molar-refractivity contribution in [1.82, 2.24) is 15.4 Å². The molecule has 1 saturated carbocycles. The van der Waals surface area contributed by atoms with Crippen LogP contribution in [0.25, 0.3) is 11.3 Å². The Labute approximate surface area is 177 Å². The van der Waals surface area contributed by atoms with Gasteiger partial charge in [-0.2, -0.15) is 0 Å². The Hall–Kier alpha value is -2.32. The molecule has 1 saturated heterocycles. The van der Waals surface area contributed by atoms with E-state index in [0.29, 0.717) is 40.4 Å². The van der Waals surface area contributed by atoms with E-state index in [1.54, 1.807) is 25.1 Å². The van der Waals surface area contributed by atoms with Crippen LogP contribution in [0.4, 0.5) is 4.79 Å². The van der Waals surface area contributed by atoms with Crippen LogP contribution in [-0.2, 0) is 4.79 Å². The standard InChI is InChI=1S/C20H20ClN3O4S/c1-11-17(18(23-28-11)12-6-2-3-7-13(12)21)19(26)22-14-8-4-5-9-15(14)24-16(25)10-29-20(24)27/h2-3,6-7,14-15H,4-5,8-10H2,1H3,(H,22,26)/t14-,15-/m1/s1. The number of hydrogen-bond donors (Lipinski definition) is 1. The first kappa shape index (κ1) is 20.0. The van der Waals surface area contributed by atoms with Gasteiger partial charge in [-0.25, -0.2) is 0 Å². The molecule has 1 aliphatic carbocycles. The maximum Gasteiger partial charge on any atom is 0.289 e. The molecule has 0 radical (unpaired) electrons. The maximum absolute atomic E-state index is 13.2. The van der Waals surface area contributed by atoms with E-state index in [-0.39, 0.29) is 34.9 Å². The number of hydrogen-bond acceptors (Lipinski definition) is 6. The summed E-state index contributed by atoms with van der Waals surface area (Å²) in [7, 11) is 0. The first-order valence-electron chi connectivity index (χ1n) is 9.48. The van der Waals surface area contributed by atoms with E-state index in [2.05, 4.69) is 10.5 Å². The van der Waals surface area contributed by atoms with E-state index in [1.807, 2.05) is 6.07 Å². The molecule has 2 fully saturated rings. The Morgan fingerprint density at radius 1 is 1.28 bits per heavy atom. The average Bonchev–Trinajstić information content (AvgIpc) is 3.25. The fourth-order valence-electron chi connectivity index (χ4n) is 3.99. The lowest BCUT2D eigenvalue weighted by Crippen LogP contribution is -2.54. The molecule has 2 heterocycles. The molecule has 7 nitrogen and oxygen atoms in total. The van der Waals surface area contributed by atoms with Crippen molar-refractivity contribution >= 4 is 40.4 Å². The van der Waals surface area contributed by atoms with Gasteiger partial charge in [0.05, 0.1) is 22.9 Å². The van der Waals surface area contributed by atoms with Gasteiger partial charge in [-0.1, -0.05) is 59.6 Å². The zero-order valence-electron chi connectivity index (χ0n) is 15.8. The smallest absolute Gasteiger partial charge is 0.289 e. The SMILES string of the molecule is Cc1onc(-c2ccccc2Cl)c1C(=O)N[C@@H]1CCCC[C@H]1N1C(=O)CSC1=O. The monoisotopic (exact) mass is 433 g/mol. The van der Waals surface area contributed by atoms with Gasteiger partial charge in [-0.15, -0.1) is 0 Å². The van der Waals surface area contributed by atoms with Crippen LogP contribution in [0, 0.1) is 6.92 Å². The second-order valence-electron chi connectivity index (χ2n) is 7.19. The third-order valence-corrected chi connectivity index (χ3v) is 6.55. The van der Waals surface area contributed by atoms with Crippen molar-refractivity contribution < 1.29 is 18.9 Å². The molecule has 4 rings (SSSR count). The Morgan fingerprint density at radius 3 is 2.76 bits per heavy atom. The molecule has 9 heteroatoms. The fraction of sp³-hybridized carbons (Fsp3) is 0.400. The maximum atomic E-state index is 13.2. The minimum Gasteiger partial charge on any atom is -0.360 e. The van der Waals surface area contributed by atoms with E-state index >= 15 is 0 Å². The van der Waals surface area contributed by atoms with Gasteiger partial charge in [0.15, 0.2) is 0 Å². The summed E-state index contributed by atoms with van der Waals surface area (Å²) < 4.78 is 5.28. The van der Waals surface area contributed by atoms with Crippen LogP contribution in [0.2, 0.25) is 5.02 Å². The van der Waals surface area contributed by atoms with Gasteiger partial charge in [0.1, 0.15) is 17.0 Å². The summed E-state index contributed by atoms with van der Waals surface area (Å²) in [4.78, 5) is 38.9. The van der Waals surface area contributed by atoms with Crippen LogP contribution < -0.4 is 5.32 Å². The molecule has 29 heavy (non-hydrogen) atoms. The van der Waals surface area contributed by atoms with Crippen LogP contribution in [0.1, 0.15) is 41.8 Å². The molecular weight excluding hydrogens is 414 g/mol. The van der Waals surface area contributed by atoms with Gasteiger partial charge in [0.25, 0.3) is 11.1 Å². The first-order chi connectivity index (χ1) is 14.0. The van der Waals surface area contributed by atoms with Crippen molar-refractivity contribution in [2.45, 2.75) is 44.7 Å². The fourth-order valence-corrected chi connectivity index (χ4v) is 4.98. The van der Waals surface area contributed by atoms with E-state index in [0.717, 1.165) is 24.6 Å². The topological polar surface area (TPSA) is 92.5 Å². The Bertz CT molecular complexity index is 960. The molecule has 3 amide bonds. The number of imide groups is 1. The molecule has 0 spiro atoms. The number of aryl methyl sites for hydroxylation is 1. The molecule has 2 aliphatic rings. The predicted molar refractivity (Wildman–Crippen MR) is 110 cm³/mol. The van der Waals surface area contributed by atoms with Crippen LogP contribution in [0.15, 0.2) is 28.8 Å². The van der Waals surface area contributed by atoms with Crippen molar-refractivity contribution in [2.24, 2.45) is 0 Å². The summed E-state index contributed by atoms with van der Waals surface area (Å²) in [5, 5.41) is 7.29. The summed E-state index contributed by atoms with van der Waals surface area (Å²) >= 11 is 7.30. The average molecular weight is 434 g/mol. The molecule has 152 valence electrons. The molecule has 1 aromatic heterocycles. The van der Waals surface area contributed by atoms with Gasteiger partial charge in [-0.05, 0) is 25.8 Å². The minimum atomic E-state index is -0.345. The van der Waals surface area contributed by atoms with E-state index in [4.69, 9.17) is 16.1 Å². The number of amides is 3. The lowest BCUT2D eigenvalue weighted by atomic mass is 9.89. The normalized spacial score (nSPS) is 22.2. The summed E-state index contributed by atoms with van der Waals surface area (Å²) in [6.45, 7) is 1.67. The quantitative estimate of drug-likeness (QED) is 0.782. The molecule has 0 unspecified atom stereocenters. The zero-order chi connectivity index (χ0) is 20.5. The second kappa shape index (κ2) is 8.20. The van der Waals surface area contributed by atoms with Crippen molar-refractivity contribution in [3.8, 4) is 11.3 Å². The molecule has 1 N–H and O–H groups in total. The molecule has 0 bridgehead atoms. The van der Waals surface area contributed by atoms with Gasteiger partial charge in [-0.3, -0.25) is 19.3 Å². The van der Waals surface area contributed by atoms with Crippen LogP contribution in [-0.4, -0.2) is 44.9 Å². The van der Waals surface area contributed by atoms with Crippen molar-refractivity contribution in [2.75, 3.05) is 5.75 Å². The van der Waals surface area contributed by atoms with E-state index < -0.39 is 0 Å². The number of carbonyl (C=O) groups is 3. The Kier molecular flexibility index (Phi) is 5.65. The van der Waals surface area contributed by atoms with Crippen LogP contribution in [0.3, 0.4) is 0 Å². The third-order valence-electron chi connectivity index (χ3n) is 5.38. The predicted octanol–water partition coefficient (Wildman–Crippen LogP) is 4.04. The first-order valence-corrected chi connectivity index (χ1v) is 10.8. The highest BCUT2D eigenvalue weighted by Gasteiger charge is 2.41. The number of benzene rings is 1. The molecule has 2 aromatic rings. The largest absolute Gasteiger partial charge is 0.360 e. The van der Waals surface area contributed by atoms with Gasteiger partial charge < -0.3 is 9.84 Å². The number of aromatic nitrogens is 1. The van der Waals surface area contributed by atoms with Crippen LogP contribution in [0.5, 0.6) is 0 Å². The van der Waals surface area contributed by atoms with Crippen LogP contribution >= 0.6 is 23.4 Å². The van der Waals surface area contributed by atoms with Crippen molar-refractivity contribution in [1.29, 1.82) is 0 Å². The molecule has 1 aromatic carbocycles. The highest BCUT2D eigenvalue weighted by Crippen LogP contribution is 2.33. The highest BCUT2D eigenvalue weighted by atomic mass is 35.5. The summed E-state index contributed by atoms with van der Waals surface area (Å²) in [5.41, 5.74) is 1.30. The number of thioether (sulfide) groups is 1. The highest BCUT2D eigenvalue weighted by molar-refractivity contribution is 8.14. The van der Waals surface area contributed by atoms with Gasteiger partial charge in [0.2, 0.25) is 5.91 Å². The van der Waals surface area contributed by atoms with Crippen molar-refractivity contribution in [3.63, 3.8) is 0 Å². The lowest BCUT2D eigenvalue weighted by Gasteiger charge is -2.36. The summed E-state index contributed by atoms with van der Waals surface area (Å²) in [5.74, 6) is 0.0114. The number of halogens is 1. The van der Waals surface area contributed by atoms with Gasteiger partial charge in [0, 0.05) is 5.56 Å². The third kappa shape index (κ3) is 3.79. The number of nitrogens with one attached hydrogen (secondary N) is 1. The molecular formula is C20H20ClN3O4S.